The Balaban J connectivity index is 2.24. The molecular weight excluding hydrogens is 320 g/mol. The van der Waals surface area contributed by atoms with E-state index in [9.17, 15) is 4.79 Å². The third-order valence-corrected chi connectivity index (χ3v) is 5.09. The van der Waals surface area contributed by atoms with Crippen molar-refractivity contribution in [2.24, 2.45) is 0 Å². The lowest BCUT2D eigenvalue weighted by Crippen LogP contribution is -2.42. The number of aryl methyl sites for hydroxylation is 1. The van der Waals surface area contributed by atoms with Gasteiger partial charge in [-0.3, -0.25) is 4.79 Å². The zero-order valence-corrected chi connectivity index (χ0v) is 17.7. The number of nitrogens with one attached hydrogen (secondary N) is 1. The quantitative estimate of drug-likeness (QED) is 0.358. The molecular formula is C23H41N2O+. The highest BCUT2D eigenvalue weighted by atomic mass is 16.1. The minimum Gasteiger partial charge on any atom is -0.352 e. The van der Waals surface area contributed by atoms with Crippen LogP contribution in [0.15, 0.2) is 24.3 Å². The van der Waals surface area contributed by atoms with Gasteiger partial charge in [-0.15, -0.1) is 0 Å². The molecule has 3 nitrogen and oxygen atoms in total. The zero-order valence-electron chi connectivity index (χ0n) is 17.7. The van der Waals surface area contributed by atoms with Gasteiger partial charge in [-0.1, -0.05) is 58.1 Å². The van der Waals surface area contributed by atoms with Crippen molar-refractivity contribution in [2.45, 2.75) is 71.6 Å². The SMILES string of the molecule is CCCCCCCCc1ccc(C(=O)NCCC[N+](C)(C)CCC)cc1. The van der Waals surface area contributed by atoms with Crippen molar-refractivity contribution in [3.8, 4) is 0 Å². The molecule has 1 aromatic carbocycles. The number of carbonyl (C=O) groups excluding carboxylic acids is 1. The Hall–Kier alpha value is -1.35. The Morgan fingerprint density at radius 3 is 2.15 bits per heavy atom. The molecule has 0 bridgehead atoms. The molecule has 0 saturated heterocycles. The molecule has 1 N–H and O–H groups in total. The molecule has 0 aliphatic rings. The Kier molecular flexibility index (Phi) is 11.3. The van der Waals surface area contributed by atoms with Crippen molar-refractivity contribution in [1.82, 2.24) is 5.32 Å². The highest BCUT2D eigenvalue weighted by molar-refractivity contribution is 5.94. The van der Waals surface area contributed by atoms with Gasteiger partial charge in [-0.2, -0.15) is 0 Å². The molecule has 0 spiro atoms. The van der Waals surface area contributed by atoms with Gasteiger partial charge in [0.1, 0.15) is 0 Å². The Morgan fingerprint density at radius 2 is 1.50 bits per heavy atom. The lowest BCUT2D eigenvalue weighted by molar-refractivity contribution is -0.890. The lowest BCUT2D eigenvalue weighted by Gasteiger charge is -2.29. The minimum atomic E-state index is 0.0527. The van der Waals surface area contributed by atoms with Crippen LogP contribution in [-0.4, -0.2) is 44.1 Å². The summed E-state index contributed by atoms with van der Waals surface area (Å²) in [6, 6.07) is 8.17. The van der Waals surface area contributed by atoms with Gasteiger partial charge >= 0.3 is 0 Å². The van der Waals surface area contributed by atoms with Crippen LogP contribution in [0, 0.1) is 0 Å². The molecule has 0 aromatic heterocycles. The maximum atomic E-state index is 12.3. The summed E-state index contributed by atoms with van der Waals surface area (Å²) < 4.78 is 1.03. The first-order chi connectivity index (χ1) is 12.5. The first-order valence-corrected chi connectivity index (χ1v) is 10.7. The molecule has 0 saturated carbocycles. The van der Waals surface area contributed by atoms with E-state index in [2.05, 4.69) is 45.4 Å². The van der Waals surface area contributed by atoms with Crippen LogP contribution in [0.1, 0.15) is 81.1 Å². The van der Waals surface area contributed by atoms with Gasteiger partial charge in [-0.25, -0.2) is 0 Å². The molecule has 1 amide bonds. The summed E-state index contributed by atoms with van der Waals surface area (Å²) in [7, 11) is 4.52. The maximum absolute atomic E-state index is 12.3. The van der Waals surface area contributed by atoms with Crippen LogP contribution in [0.25, 0.3) is 0 Å². The molecule has 1 aromatic rings. The summed E-state index contributed by atoms with van der Waals surface area (Å²) >= 11 is 0. The van der Waals surface area contributed by atoms with Crippen molar-refractivity contribution >= 4 is 5.91 Å². The number of amides is 1. The smallest absolute Gasteiger partial charge is 0.251 e. The van der Waals surface area contributed by atoms with Gasteiger partial charge in [0.15, 0.2) is 0 Å². The number of hydrogen-bond acceptors (Lipinski definition) is 1. The minimum absolute atomic E-state index is 0.0527. The summed E-state index contributed by atoms with van der Waals surface area (Å²) in [5, 5.41) is 3.06. The van der Waals surface area contributed by atoms with Crippen LogP contribution in [-0.2, 0) is 6.42 Å². The van der Waals surface area contributed by atoms with Gasteiger partial charge in [0.2, 0.25) is 0 Å². The summed E-state index contributed by atoms with van der Waals surface area (Å²) in [4.78, 5) is 12.3. The van der Waals surface area contributed by atoms with Crippen LogP contribution in [0.4, 0.5) is 0 Å². The van der Waals surface area contributed by atoms with Crippen molar-refractivity contribution in [3.63, 3.8) is 0 Å². The fraction of sp³-hybridized carbons (Fsp3) is 0.696. The molecule has 0 aliphatic heterocycles. The lowest BCUT2D eigenvalue weighted by atomic mass is 10.0. The van der Waals surface area contributed by atoms with Gasteiger partial charge in [0.25, 0.3) is 5.91 Å². The Labute approximate surface area is 161 Å². The molecule has 0 heterocycles. The first kappa shape index (κ1) is 22.7. The molecule has 0 fully saturated rings. The predicted molar refractivity (Wildman–Crippen MR) is 113 cm³/mol. The molecule has 1 rings (SSSR count). The number of rotatable bonds is 14. The van der Waals surface area contributed by atoms with Crippen LogP contribution in [0.5, 0.6) is 0 Å². The Bertz CT molecular complexity index is 493. The molecule has 0 unspecified atom stereocenters. The standard InChI is InChI=1S/C23H40N2O/c1-5-7-8-9-10-11-13-21-14-16-22(17-15-21)23(26)24-18-12-20-25(3,4)19-6-2/h14-17H,5-13,18-20H2,1-4H3/p+1. The largest absolute Gasteiger partial charge is 0.352 e. The third-order valence-electron chi connectivity index (χ3n) is 5.09. The molecule has 0 radical (unpaired) electrons. The van der Waals surface area contributed by atoms with Gasteiger partial charge in [-0.05, 0) is 37.0 Å². The number of nitrogens with zero attached hydrogens (tertiary/aromatic N) is 1. The topological polar surface area (TPSA) is 29.1 Å². The van der Waals surface area contributed by atoms with Gasteiger partial charge in [0.05, 0.1) is 27.2 Å². The van der Waals surface area contributed by atoms with E-state index in [-0.39, 0.29) is 5.91 Å². The van der Waals surface area contributed by atoms with Crippen LogP contribution in [0.3, 0.4) is 0 Å². The number of quaternary nitrogens is 1. The van der Waals surface area contributed by atoms with Crippen molar-refractivity contribution in [2.75, 3.05) is 33.7 Å². The van der Waals surface area contributed by atoms with Crippen LogP contribution < -0.4 is 5.32 Å². The summed E-state index contributed by atoms with van der Waals surface area (Å²) in [6.07, 6.45) is 11.3. The van der Waals surface area contributed by atoms with E-state index < -0.39 is 0 Å². The van der Waals surface area contributed by atoms with Gasteiger partial charge in [0, 0.05) is 18.5 Å². The highest BCUT2D eigenvalue weighted by Gasteiger charge is 2.13. The van der Waals surface area contributed by atoms with E-state index in [0.717, 1.165) is 36.0 Å². The van der Waals surface area contributed by atoms with Crippen molar-refractivity contribution in [1.29, 1.82) is 0 Å². The first-order valence-electron chi connectivity index (χ1n) is 10.7. The monoisotopic (exact) mass is 361 g/mol. The summed E-state index contributed by atoms with van der Waals surface area (Å²) in [5.74, 6) is 0.0527. The average Bonchev–Trinajstić information content (AvgIpc) is 2.62. The number of carbonyl (C=O) groups is 1. The molecule has 3 heteroatoms. The average molecular weight is 362 g/mol. The van der Waals surface area contributed by atoms with E-state index in [4.69, 9.17) is 0 Å². The normalized spacial score (nSPS) is 11.5. The fourth-order valence-corrected chi connectivity index (χ4v) is 3.46. The second-order valence-electron chi connectivity index (χ2n) is 8.21. The van der Waals surface area contributed by atoms with E-state index in [1.807, 2.05) is 12.1 Å². The van der Waals surface area contributed by atoms with E-state index >= 15 is 0 Å². The molecule has 0 atom stereocenters. The number of benzene rings is 1. The summed E-state index contributed by atoms with van der Waals surface area (Å²) in [5.41, 5.74) is 2.12. The molecule has 26 heavy (non-hydrogen) atoms. The van der Waals surface area contributed by atoms with Crippen LogP contribution in [0.2, 0.25) is 0 Å². The van der Waals surface area contributed by atoms with E-state index in [1.54, 1.807) is 0 Å². The van der Waals surface area contributed by atoms with E-state index in [1.165, 1.54) is 57.1 Å². The zero-order chi connectivity index (χ0) is 19.3. The fourth-order valence-electron chi connectivity index (χ4n) is 3.46. The van der Waals surface area contributed by atoms with E-state index in [0.29, 0.717) is 0 Å². The predicted octanol–water partition coefficient (Wildman–Crippen LogP) is 5.20. The van der Waals surface area contributed by atoms with Crippen molar-refractivity contribution < 1.29 is 9.28 Å². The maximum Gasteiger partial charge on any atom is 0.251 e. The van der Waals surface area contributed by atoms with Gasteiger partial charge < -0.3 is 9.80 Å². The Morgan fingerprint density at radius 1 is 0.846 bits per heavy atom. The molecule has 0 aliphatic carbocycles. The second-order valence-corrected chi connectivity index (χ2v) is 8.21. The van der Waals surface area contributed by atoms with Crippen LogP contribution >= 0.6 is 0 Å². The summed E-state index contributed by atoms with van der Waals surface area (Å²) in [6.45, 7) is 7.52. The molecule has 148 valence electrons. The highest BCUT2D eigenvalue weighted by Crippen LogP contribution is 2.11. The number of unbranched alkanes of at least 4 members (excludes halogenated alkanes) is 5. The third kappa shape index (κ3) is 9.96. The number of hydrogen-bond donors (Lipinski definition) is 1. The van der Waals surface area contributed by atoms with Crippen molar-refractivity contribution in [3.05, 3.63) is 35.4 Å². The second kappa shape index (κ2) is 12.9.